The minimum atomic E-state index is -0.243. The molecule has 2 amide bonds. The molecule has 0 saturated carbocycles. The van der Waals surface area contributed by atoms with E-state index in [1.807, 2.05) is 22.9 Å². The van der Waals surface area contributed by atoms with Crippen LogP contribution in [0.2, 0.25) is 0 Å². The first kappa shape index (κ1) is 37.7. The largest absolute Gasteiger partial charge is 0.372 e. The summed E-state index contributed by atoms with van der Waals surface area (Å²) in [5.41, 5.74) is 7.02. The van der Waals surface area contributed by atoms with Gasteiger partial charge in [-0.2, -0.15) is 4.98 Å². The summed E-state index contributed by atoms with van der Waals surface area (Å²) >= 11 is 0. The van der Waals surface area contributed by atoms with Crippen LogP contribution in [0.4, 0.5) is 23.0 Å². The van der Waals surface area contributed by atoms with E-state index in [1.54, 1.807) is 17.0 Å². The quantitative estimate of drug-likeness (QED) is 0.123. The smallest absolute Gasteiger partial charge is 0.278 e. The van der Waals surface area contributed by atoms with Gasteiger partial charge in [0, 0.05) is 87.1 Å². The monoisotopic (exact) mass is 780 g/mol. The van der Waals surface area contributed by atoms with Gasteiger partial charge < -0.3 is 15.1 Å². The molecular weight excluding hydrogens is 729 g/mol. The molecule has 58 heavy (non-hydrogen) atoms. The number of carbonyl (C=O) groups excluding carboxylic acids is 2. The van der Waals surface area contributed by atoms with E-state index >= 15 is 0 Å². The average Bonchev–Trinajstić information content (AvgIpc) is 3.79. The van der Waals surface area contributed by atoms with Crippen LogP contribution in [-0.2, 0) is 22.6 Å². The molecule has 13 nitrogen and oxygen atoms in total. The summed E-state index contributed by atoms with van der Waals surface area (Å²) in [7, 11) is 0. The number of amides is 2. The number of nitrogens with one attached hydrogen (secondary N) is 2. The Morgan fingerprint density at radius 3 is 2.26 bits per heavy atom. The SMILES string of the molecule is C=CCn1c(=O)c2cnc(Nc3ccc(N4CCC(CN5CCN(c6ccc(C7CCC(=O)NC7=O)cc6)CC5)CC4)cc3)nc2n1-c1ccc2c(n1)C(CC)CC2. The third-order valence-corrected chi connectivity index (χ3v) is 12.7. The summed E-state index contributed by atoms with van der Waals surface area (Å²) < 4.78 is 3.45. The number of aromatic nitrogens is 5. The van der Waals surface area contributed by atoms with E-state index in [9.17, 15) is 14.4 Å². The Bertz CT molecular complexity index is 2370. The molecule has 5 aromatic rings. The number of hydrogen-bond donors (Lipinski definition) is 2. The van der Waals surface area contributed by atoms with Crippen molar-refractivity contribution in [3.63, 3.8) is 0 Å². The van der Waals surface area contributed by atoms with Gasteiger partial charge in [-0.1, -0.05) is 31.2 Å². The van der Waals surface area contributed by atoms with Crippen molar-refractivity contribution in [3.05, 3.63) is 107 Å². The maximum absolute atomic E-state index is 13.5. The Morgan fingerprint density at radius 2 is 1.55 bits per heavy atom. The molecule has 3 aliphatic heterocycles. The van der Waals surface area contributed by atoms with Crippen molar-refractivity contribution in [1.82, 2.24) is 34.5 Å². The number of carbonyl (C=O) groups is 2. The standard InChI is InChI=1S/C45H52N10O3/c1-3-21-54-44(58)38-28-46-45(50-42(38)55(54)39-17-9-33-6-5-31(4-2)41(33)48-39)47-34-10-14-36(15-11-34)52-22-19-30(20-23-52)29-51-24-26-53(27-25-51)35-12-7-32(8-13-35)37-16-18-40(56)49-43(37)57/h3,7-15,17,28,30-31,37H,1,4-6,16,18-27,29H2,2H3,(H,46,47,50)(H,49,56,57). The minimum Gasteiger partial charge on any atom is -0.372 e. The predicted molar refractivity (Wildman–Crippen MR) is 227 cm³/mol. The number of imide groups is 1. The second-order valence-corrected chi connectivity index (χ2v) is 16.3. The molecule has 0 spiro atoms. The van der Waals surface area contributed by atoms with Crippen molar-refractivity contribution in [2.75, 3.05) is 60.9 Å². The summed E-state index contributed by atoms with van der Waals surface area (Å²) in [4.78, 5) is 59.4. The Labute approximate surface area is 338 Å². The summed E-state index contributed by atoms with van der Waals surface area (Å²) in [6, 6.07) is 20.9. The molecule has 13 heteroatoms. The fraction of sp³-hybridized carbons (Fsp3) is 0.422. The highest BCUT2D eigenvalue weighted by molar-refractivity contribution is 6.01. The predicted octanol–water partition coefficient (Wildman–Crippen LogP) is 5.91. The second kappa shape index (κ2) is 16.2. The lowest BCUT2D eigenvalue weighted by molar-refractivity contribution is -0.134. The molecule has 6 heterocycles. The van der Waals surface area contributed by atoms with E-state index in [1.165, 1.54) is 29.8 Å². The molecule has 2 atom stereocenters. The number of nitrogens with zero attached hydrogens (tertiary/aromatic N) is 8. The van der Waals surface area contributed by atoms with Gasteiger partial charge in [0.05, 0.1) is 12.5 Å². The van der Waals surface area contributed by atoms with Crippen LogP contribution in [0.3, 0.4) is 0 Å². The molecule has 2 aromatic carbocycles. The second-order valence-electron chi connectivity index (χ2n) is 16.3. The van der Waals surface area contributed by atoms with Gasteiger partial charge >= 0.3 is 0 Å². The molecule has 4 aliphatic rings. The topological polar surface area (TPSA) is 134 Å². The van der Waals surface area contributed by atoms with Crippen LogP contribution < -0.4 is 26.0 Å². The molecule has 1 aliphatic carbocycles. The molecule has 3 fully saturated rings. The number of hydrogen-bond acceptors (Lipinski definition) is 10. The van der Waals surface area contributed by atoms with Crippen LogP contribution in [0, 0.1) is 5.92 Å². The van der Waals surface area contributed by atoms with Crippen LogP contribution in [0.1, 0.15) is 74.1 Å². The first-order valence-corrected chi connectivity index (χ1v) is 21.0. The van der Waals surface area contributed by atoms with Crippen molar-refractivity contribution in [2.24, 2.45) is 5.92 Å². The molecular formula is C45H52N10O3. The van der Waals surface area contributed by atoms with Crippen LogP contribution >= 0.6 is 0 Å². The van der Waals surface area contributed by atoms with Crippen LogP contribution in [-0.4, -0.2) is 86.8 Å². The van der Waals surface area contributed by atoms with E-state index < -0.39 is 0 Å². The summed E-state index contributed by atoms with van der Waals surface area (Å²) in [6.07, 6.45) is 9.82. The number of pyridine rings is 1. The lowest BCUT2D eigenvalue weighted by atomic mass is 9.90. The first-order valence-electron chi connectivity index (χ1n) is 21.0. The highest BCUT2D eigenvalue weighted by Crippen LogP contribution is 2.35. The third kappa shape index (κ3) is 7.50. The van der Waals surface area contributed by atoms with Crippen molar-refractivity contribution in [2.45, 2.75) is 70.3 Å². The van der Waals surface area contributed by atoms with Gasteiger partial charge in [-0.05, 0) is 98.0 Å². The fourth-order valence-electron chi connectivity index (χ4n) is 9.39. The van der Waals surface area contributed by atoms with Crippen molar-refractivity contribution < 1.29 is 9.59 Å². The average molecular weight is 781 g/mol. The van der Waals surface area contributed by atoms with E-state index in [0.717, 1.165) is 82.0 Å². The lowest BCUT2D eigenvalue weighted by Crippen LogP contribution is -2.49. The maximum Gasteiger partial charge on any atom is 0.278 e. The summed E-state index contributed by atoms with van der Waals surface area (Å²) in [5.74, 6) is 1.61. The number of rotatable bonds is 11. The zero-order chi connectivity index (χ0) is 39.8. The number of piperidine rings is 2. The van der Waals surface area contributed by atoms with Gasteiger partial charge in [-0.15, -0.1) is 6.58 Å². The van der Waals surface area contributed by atoms with Gasteiger partial charge in [0.15, 0.2) is 11.5 Å². The van der Waals surface area contributed by atoms with E-state index in [2.05, 4.69) is 86.3 Å². The van der Waals surface area contributed by atoms with Crippen molar-refractivity contribution in [3.8, 4) is 5.82 Å². The third-order valence-electron chi connectivity index (χ3n) is 12.7. The number of fused-ring (bicyclic) bond motifs is 2. The highest BCUT2D eigenvalue weighted by atomic mass is 16.2. The highest BCUT2D eigenvalue weighted by Gasteiger charge is 2.29. The number of allylic oxidation sites excluding steroid dienone is 1. The lowest BCUT2D eigenvalue weighted by Gasteiger charge is -2.40. The van der Waals surface area contributed by atoms with Gasteiger partial charge in [-0.25, -0.2) is 19.3 Å². The summed E-state index contributed by atoms with van der Waals surface area (Å²) in [6.45, 7) is 13.7. The molecule has 2 N–H and O–H groups in total. The van der Waals surface area contributed by atoms with Gasteiger partial charge in [0.1, 0.15) is 5.39 Å². The summed E-state index contributed by atoms with van der Waals surface area (Å²) in [5, 5.41) is 6.28. The van der Waals surface area contributed by atoms with Crippen LogP contribution in [0.5, 0.6) is 0 Å². The van der Waals surface area contributed by atoms with Gasteiger partial charge in [-0.3, -0.25) is 24.6 Å². The zero-order valence-electron chi connectivity index (χ0n) is 33.3. The Kier molecular flexibility index (Phi) is 10.5. The first-order chi connectivity index (χ1) is 28.3. The normalized spacial score (nSPS) is 20.4. The number of anilines is 4. The van der Waals surface area contributed by atoms with Crippen molar-refractivity contribution >= 4 is 45.9 Å². The van der Waals surface area contributed by atoms with Crippen molar-refractivity contribution in [1.29, 1.82) is 0 Å². The number of piperazine rings is 1. The Balaban J connectivity index is 0.787. The molecule has 3 aromatic heterocycles. The number of benzene rings is 2. The Morgan fingerprint density at radius 1 is 0.828 bits per heavy atom. The van der Waals surface area contributed by atoms with E-state index in [0.29, 0.717) is 54.0 Å². The minimum absolute atomic E-state index is 0.167. The molecule has 300 valence electrons. The van der Waals surface area contributed by atoms with E-state index in [4.69, 9.17) is 9.97 Å². The van der Waals surface area contributed by atoms with Gasteiger partial charge in [0.2, 0.25) is 17.8 Å². The number of aryl methyl sites for hydroxylation is 1. The molecule has 9 rings (SSSR count). The molecule has 2 unspecified atom stereocenters. The molecule has 0 bridgehead atoms. The zero-order valence-corrected chi connectivity index (χ0v) is 33.3. The maximum atomic E-state index is 13.5. The van der Waals surface area contributed by atoms with Crippen LogP contribution in [0.25, 0.3) is 16.9 Å². The Hall–Kier alpha value is -5.82. The molecule has 3 saturated heterocycles. The molecule has 0 radical (unpaired) electrons. The van der Waals surface area contributed by atoms with Gasteiger partial charge in [0.25, 0.3) is 5.56 Å². The fourth-order valence-corrected chi connectivity index (χ4v) is 9.39. The van der Waals surface area contributed by atoms with E-state index in [-0.39, 0.29) is 23.3 Å². The van der Waals surface area contributed by atoms with Crippen LogP contribution in [0.15, 0.2) is 84.3 Å².